The van der Waals surface area contributed by atoms with Gasteiger partial charge in [-0.15, -0.1) is 0 Å². The van der Waals surface area contributed by atoms with Gasteiger partial charge < -0.3 is 9.47 Å². The standard InChI is InChI=1S/C61H42N2/c1-4-18-43(19-5-1)44-32-37-49(38-33-44)62(50-39-35-47(36-40-50)61(46-20-6-2-7-21-46)56-28-14-10-25-52(56)53-26-11-15-29-57(53)61)58-30-16-12-24-51(58)45-34-41-60-55(42-45)54-27-13-17-31-59(54)63(60)48-22-8-3-9-23-48/h1-42H. The first-order valence-corrected chi connectivity index (χ1v) is 21.8. The summed E-state index contributed by atoms with van der Waals surface area (Å²) >= 11 is 0. The molecule has 0 N–H and O–H groups in total. The summed E-state index contributed by atoms with van der Waals surface area (Å²) in [7, 11) is 0. The number of aromatic nitrogens is 1. The van der Waals surface area contributed by atoms with Crippen molar-refractivity contribution in [1.82, 2.24) is 4.57 Å². The molecule has 0 bridgehead atoms. The lowest BCUT2D eigenvalue weighted by Crippen LogP contribution is -2.28. The van der Waals surface area contributed by atoms with Crippen LogP contribution in [0.1, 0.15) is 22.3 Å². The quantitative estimate of drug-likeness (QED) is 0.149. The van der Waals surface area contributed by atoms with Gasteiger partial charge >= 0.3 is 0 Å². The van der Waals surface area contributed by atoms with Gasteiger partial charge in [-0.25, -0.2) is 0 Å². The van der Waals surface area contributed by atoms with Gasteiger partial charge in [-0.05, 0) is 111 Å². The van der Waals surface area contributed by atoms with E-state index in [4.69, 9.17) is 0 Å². The minimum Gasteiger partial charge on any atom is -0.310 e. The molecule has 2 nitrogen and oxygen atoms in total. The lowest BCUT2D eigenvalue weighted by Gasteiger charge is -2.34. The number of hydrogen-bond acceptors (Lipinski definition) is 1. The normalized spacial score (nSPS) is 12.6. The zero-order chi connectivity index (χ0) is 41.7. The molecule has 12 rings (SSSR count). The van der Waals surface area contributed by atoms with E-state index in [0.29, 0.717) is 0 Å². The third-order valence-electron chi connectivity index (χ3n) is 13.1. The molecule has 0 aliphatic heterocycles. The van der Waals surface area contributed by atoms with Gasteiger partial charge in [-0.2, -0.15) is 0 Å². The molecule has 10 aromatic carbocycles. The first-order chi connectivity index (χ1) is 31.3. The zero-order valence-electron chi connectivity index (χ0n) is 34.6. The lowest BCUT2D eigenvalue weighted by atomic mass is 9.68. The second kappa shape index (κ2) is 15.1. The minimum atomic E-state index is -0.471. The summed E-state index contributed by atoms with van der Waals surface area (Å²) in [5.41, 5.74) is 18.8. The maximum absolute atomic E-state index is 2.43. The summed E-state index contributed by atoms with van der Waals surface area (Å²) in [6.45, 7) is 0. The van der Waals surface area contributed by atoms with E-state index in [-0.39, 0.29) is 0 Å². The van der Waals surface area contributed by atoms with E-state index in [9.17, 15) is 0 Å². The van der Waals surface area contributed by atoms with Crippen LogP contribution in [0.4, 0.5) is 17.1 Å². The molecule has 1 aliphatic carbocycles. The second-order valence-electron chi connectivity index (χ2n) is 16.4. The largest absolute Gasteiger partial charge is 0.310 e. The van der Waals surface area contributed by atoms with Crippen LogP contribution in [0, 0.1) is 0 Å². The fourth-order valence-electron chi connectivity index (χ4n) is 10.3. The van der Waals surface area contributed by atoms with E-state index < -0.39 is 5.41 Å². The highest BCUT2D eigenvalue weighted by atomic mass is 15.1. The Morgan fingerprint density at radius 3 is 1.48 bits per heavy atom. The van der Waals surface area contributed by atoms with Crippen LogP contribution in [-0.4, -0.2) is 4.57 Å². The Morgan fingerprint density at radius 1 is 0.317 bits per heavy atom. The number of para-hydroxylation sites is 3. The number of hydrogen-bond donors (Lipinski definition) is 0. The van der Waals surface area contributed by atoms with Crippen LogP contribution in [0.15, 0.2) is 255 Å². The first kappa shape index (κ1) is 36.6. The smallest absolute Gasteiger partial charge is 0.0713 e. The fraction of sp³-hybridized carbons (Fsp3) is 0.0164. The Hall–Kier alpha value is -8.20. The second-order valence-corrected chi connectivity index (χ2v) is 16.4. The summed E-state index contributed by atoms with van der Waals surface area (Å²) in [6, 6.07) is 93.2. The van der Waals surface area contributed by atoms with E-state index in [1.54, 1.807) is 0 Å². The van der Waals surface area contributed by atoms with Gasteiger partial charge in [0.25, 0.3) is 0 Å². The van der Waals surface area contributed by atoms with Crippen molar-refractivity contribution in [3.05, 3.63) is 277 Å². The van der Waals surface area contributed by atoms with E-state index in [1.807, 2.05) is 0 Å². The van der Waals surface area contributed by atoms with Gasteiger partial charge in [0.05, 0.1) is 22.1 Å². The van der Waals surface area contributed by atoms with Crippen molar-refractivity contribution in [3.63, 3.8) is 0 Å². The van der Waals surface area contributed by atoms with Crippen molar-refractivity contribution in [2.75, 3.05) is 4.90 Å². The molecule has 11 aromatic rings. The van der Waals surface area contributed by atoms with Gasteiger partial charge in [-0.1, -0.05) is 194 Å². The minimum absolute atomic E-state index is 0.471. The SMILES string of the molecule is c1ccc(-c2ccc(N(c3ccc(C4(c5ccccc5)c5ccccc5-c5ccccc54)cc3)c3ccccc3-c3ccc4c(c3)c3ccccc3n4-c3ccccc3)cc2)cc1. The van der Waals surface area contributed by atoms with Crippen LogP contribution in [0.5, 0.6) is 0 Å². The molecular weight excluding hydrogens is 761 g/mol. The molecule has 0 fully saturated rings. The predicted molar refractivity (Wildman–Crippen MR) is 264 cm³/mol. The predicted octanol–water partition coefficient (Wildman–Crippen LogP) is 16.0. The van der Waals surface area contributed by atoms with Crippen molar-refractivity contribution >= 4 is 38.9 Å². The highest BCUT2D eigenvalue weighted by molar-refractivity contribution is 6.11. The maximum Gasteiger partial charge on any atom is 0.0713 e. The average molecular weight is 803 g/mol. The van der Waals surface area contributed by atoms with Crippen molar-refractivity contribution in [2.24, 2.45) is 0 Å². The maximum atomic E-state index is 2.43. The molecule has 0 saturated heterocycles. The summed E-state index contributed by atoms with van der Waals surface area (Å²) < 4.78 is 2.38. The Kier molecular flexibility index (Phi) is 8.76. The molecule has 0 unspecified atom stereocenters. The number of anilines is 3. The molecule has 296 valence electrons. The molecular formula is C61H42N2. The lowest BCUT2D eigenvalue weighted by molar-refractivity contribution is 0.768. The van der Waals surface area contributed by atoms with Crippen LogP contribution in [-0.2, 0) is 5.41 Å². The molecule has 0 amide bonds. The summed E-state index contributed by atoms with van der Waals surface area (Å²) in [6.07, 6.45) is 0. The van der Waals surface area contributed by atoms with Crippen molar-refractivity contribution in [1.29, 1.82) is 0 Å². The number of benzene rings is 10. The summed E-state index contributed by atoms with van der Waals surface area (Å²) in [5, 5.41) is 2.47. The third kappa shape index (κ3) is 5.87. The molecule has 0 spiro atoms. The monoisotopic (exact) mass is 802 g/mol. The Bertz CT molecular complexity index is 3380. The van der Waals surface area contributed by atoms with E-state index >= 15 is 0 Å². The summed E-state index contributed by atoms with van der Waals surface area (Å²) in [4.78, 5) is 2.43. The van der Waals surface area contributed by atoms with Crippen molar-refractivity contribution < 1.29 is 0 Å². The van der Waals surface area contributed by atoms with Crippen molar-refractivity contribution in [3.8, 4) is 39.1 Å². The number of rotatable bonds is 8. The average Bonchev–Trinajstić information content (AvgIpc) is 3.86. The fourth-order valence-corrected chi connectivity index (χ4v) is 10.3. The van der Waals surface area contributed by atoms with Gasteiger partial charge in [0.2, 0.25) is 0 Å². The molecule has 1 heterocycles. The van der Waals surface area contributed by atoms with E-state index in [2.05, 4.69) is 264 Å². The molecule has 2 heteroatoms. The van der Waals surface area contributed by atoms with Crippen LogP contribution >= 0.6 is 0 Å². The first-order valence-electron chi connectivity index (χ1n) is 21.8. The number of nitrogens with zero attached hydrogens (tertiary/aromatic N) is 2. The molecule has 1 aliphatic rings. The molecule has 63 heavy (non-hydrogen) atoms. The van der Waals surface area contributed by atoms with Crippen LogP contribution in [0.3, 0.4) is 0 Å². The third-order valence-corrected chi connectivity index (χ3v) is 13.1. The van der Waals surface area contributed by atoms with Gasteiger partial charge in [-0.3, -0.25) is 0 Å². The van der Waals surface area contributed by atoms with Crippen LogP contribution in [0.25, 0.3) is 60.9 Å². The van der Waals surface area contributed by atoms with Crippen LogP contribution in [0.2, 0.25) is 0 Å². The van der Waals surface area contributed by atoms with E-state index in [1.165, 1.54) is 71.9 Å². The Morgan fingerprint density at radius 2 is 0.794 bits per heavy atom. The van der Waals surface area contributed by atoms with E-state index in [0.717, 1.165) is 28.3 Å². The van der Waals surface area contributed by atoms with Gasteiger partial charge in [0, 0.05) is 33.4 Å². The van der Waals surface area contributed by atoms with Gasteiger partial charge in [0.15, 0.2) is 0 Å². The Balaban J connectivity index is 1.04. The summed E-state index contributed by atoms with van der Waals surface area (Å²) in [5.74, 6) is 0. The molecule has 0 saturated carbocycles. The zero-order valence-corrected chi connectivity index (χ0v) is 34.6. The van der Waals surface area contributed by atoms with Crippen LogP contribution < -0.4 is 4.90 Å². The molecule has 1 aromatic heterocycles. The molecule has 0 radical (unpaired) electrons. The number of fused-ring (bicyclic) bond motifs is 6. The highest BCUT2D eigenvalue weighted by Crippen LogP contribution is 2.56. The van der Waals surface area contributed by atoms with Gasteiger partial charge in [0.1, 0.15) is 0 Å². The van der Waals surface area contributed by atoms with Crippen molar-refractivity contribution in [2.45, 2.75) is 5.41 Å². The highest BCUT2D eigenvalue weighted by Gasteiger charge is 2.45. The topological polar surface area (TPSA) is 8.17 Å². The Labute approximate surface area is 368 Å². The molecule has 0 atom stereocenters.